The van der Waals surface area contributed by atoms with E-state index in [4.69, 9.17) is 11.6 Å². The van der Waals surface area contributed by atoms with E-state index in [1.165, 1.54) is 11.3 Å². The number of thiazole rings is 1. The van der Waals surface area contributed by atoms with Gasteiger partial charge < -0.3 is 0 Å². The van der Waals surface area contributed by atoms with Crippen LogP contribution in [0.15, 0.2) is 29.9 Å². The second-order valence-corrected chi connectivity index (χ2v) is 7.46. The lowest BCUT2D eigenvalue weighted by atomic mass is 10.2. The average Bonchev–Trinajstić information content (AvgIpc) is 3.14. The molecule has 1 aliphatic rings. The van der Waals surface area contributed by atoms with Crippen molar-refractivity contribution < 1.29 is 0 Å². The Morgan fingerprint density at radius 1 is 1.17 bits per heavy atom. The van der Waals surface area contributed by atoms with Crippen molar-refractivity contribution in [2.24, 2.45) is 0 Å². The van der Waals surface area contributed by atoms with Crippen molar-refractivity contribution in [1.29, 1.82) is 0 Å². The highest BCUT2D eigenvalue weighted by atomic mass is 35.5. The highest BCUT2D eigenvalue weighted by molar-refractivity contribution is 7.15. The van der Waals surface area contributed by atoms with Gasteiger partial charge in [0, 0.05) is 57.0 Å². The zero-order valence-corrected chi connectivity index (χ0v) is 15.2. The molecule has 1 fully saturated rings. The first-order valence-electron chi connectivity index (χ1n) is 8.16. The van der Waals surface area contributed by atoms with Crippen molar-refractivity contribution in [1.82, 2.24) is 24.2 Å². The molecular formula is C17H20ClN5S. The SMILES string of the molecule is Cc1cccnc1CN1CCN(Cc2c(Cl)nc3sccn23)CC1. The second-order valence-electron chi connectivity index (χ2n) is 6.22. The quantitative estimate of drug-likeness (QED) is 0.715. The Balaban J connectivity index is 1.37. The van der Waals surface area contributed by atoms with E-state index in [0.717, 1.165) is 49.9 Å². The third kappa shape index (κ3) is 3.19. The third-order valence-electron chi connectivity index (χ3n) is 4.64. The molecule has 0 saturated carbocycles. The zero-order valence-electron chi connectivity index (χ0n) is 13.7. The summed E-state index contributed by atoms with van der Waals surface area (Å²) in [5.41, 5.74) is 3.55. The predicted octanol–water partition coefficient (Wildman–Crippen LogP) is 3.07. The van der Waals surface area contributed by atoms with E-state index >= 15 is 0 Å². The molecule has 126 valence electrons. The van der Waals surface area contributed by atoms with Crippen LogP contribution in [0.25, 0.3) is 4.96 Å². The molecule has 0 aliphatic carbocycles. The van der Waals surface area contributed by atoms with Crippen LogP contribution in [0.5, 0.6) is 0 Å². The van der Waals surface area contributed by atoms with Gasteiger partial charge >= 0.3 is 0 Å². The summed E-state index contributed by atoms with van der Waals surface area (Å²) in [6.45, 7) is 8.11. The molecule has 3 aromatic heterocycles. The van der Waals surface area contributed by atoms with E-state index < -0.39 is 0 Å². The summed E-state index contributed by atoms with van der Waals surface area (Å²) in [6.07, 6.45) is 3.93. The maximum absolute atomic E-state index is 6.31. The molecule has 0 aromatic carbocycles. The van der Waals surface area contributed by atoms with Crippen molar-refractivity contribution >= 4 is 27.9 Å². The Bertz CT molecular complexity index is 834. The van der Waals surface area contributed by atoms with Gasteiger partial charge in [0.1, 0.15) is 0 Å². The molecule has 7 heteroatoms. The van der Waals surface area contributed by atoms with Gasteiger partial charge in [0.15, 0.2) is 10.1 Å². The lowest BCUT2D eigenvalue weighted by Gasteiger charge is -2.34. The molecule has 5 nitrogen and oxygen atoms in total. The molecule has 0 atom stereocenters. The third-order valence-corrected chi connectivity index (χ3v) is 5.70. The molecule has 0 radical (unpaired) electrons. The largest absolute Gasteiger partial charge is 0.295 e. The standard InChI is InChI=1S/C17H20ClN5S/c1-13-3-2-4-19-14(13)11-21-5-7-22(8-6-21)12-15-16(18)20-17-23(15)9-10-24-17/h2-4,9-10H,5-8,11-12H2,1H3. The molecule has 3 aromatic rings. The van der Waals surface area contributed by atoms with Crippen LogP contribution in [0.3, 0.4) is 0 Å². The van der Waals surface area contributed by atoms with Crippen LogP contribution in [-0.4, -0.2) is 50.3 Å². The number of aryl methyl sites for hydroxylation is 1. The number of piperazine rings is 1. The number of pyridine rings is 1. The summed E-state index contributed by atoms with van der Waals surface area (Å²) in [7, 11) is 0. The first kappa shape index (κ1) is 16.0. The molecule has 4 heterocycles. The number of rotatable bonds is 4. The number of halogens is 1. The first-order valence-corrected chi connectivity index (χ1v) is 9.41. The fourth-order valence-corrected chi connectivity index (χ4v) is 4.17. The lowest BCUT2D eigenvalue weighted by molar-refractivity contribution is 0.119. The van der Waals surface area contributed by atoms with Gasteiger partial charge in [0.2, 0.25) is 0 Å². The Hall–Kier alpha value is -1.47. The molecule has 0 unspecified atom stereocenters. The maximum Gasteiger partial charge on any atom is 0.195 e. The normalized spacial score (nSPS) is 16.9. The van der Waals surface area contributed by atoms with E-state index in [2.05, 4.69) is 42.5 Å². The van der Waals surface area contributed by atoms with Crippen LogP contribution < -0.4 is 0 Å². The molecule has 24 heavy (non-hydrogen) atoms. The highest BCUT2D eigenvalue weighted by Crippen LogP contribution is 2.23. The Morgan fingerprint density at radius 2 is 1.92 bits per heavy atom. The molecule has 0 amide bonds. The van der Waals surface area contributed by atoms with Crippen molar-refractivity contribution in [2.75, 3.05) is 26.2 Å². The number of nitrogens with zero attached hydrogens (tertiary/aromatic N) is 5. The molecule has 1 aliphatic heterocycles. The van der Waals surface area contributed by atoms with E-state index in [9.17, 15) is 0 Å². The number of hydrogen-bond acceptors (Lipinski definition) is 5. The minimum Gasteiger partial charge on any atom is -0.295 e. The van der Waals surface area contributed by atoms with Crippen molar-refractivity contribution in [3.63, 3.8) is 0 Å². The fraction of sp³-hybridized carbons (Fsp3) is 0.412. The summed E-state index contributed by atoms with van der Waals surface area (Å²) in [4.78, 5) is 14.8. The first-order chi connectivity index (χ1) is 11.7. The van der Waals surface area contributed by atoms with E-state index in [0.29, 0.717) is 5.15 Å². The minimum absolute atomic E-state index is 0.633. The van der Waals surface area contributed by atoms with E-state index in [-0.39, 0.29) is 0 Å². The highest BCUT2D eigenvalue weighted by Gasteiger charge is 2.21. The van der Waals surface area contributed by atoms with Crippen LogP contribution >= 0.6 is 22.9 Å². The van der Waals surface area contributed by atoms with Gasteiger partial charge in [-0.25, -0.2) is 4.98 Å². The predicted molar refractivity (Wildman–Crippen MR) is 97.6 cm³/mol. The minimum atomic E-state index is 0.633. The fourth-order valence-electron chi connectivity index (χ4n) is 3.16. The monoisotopic (exact) mass is 361 g/mol. The van der Waals surface area contributed by atoms with E-state index in [1.807, 2.05) is 18.5 Å². The van der Waals surface area contributed by atoms with Crippen LogP contribution in [0.1, 0.15) is 17.0 Å². The smallest absolute Gasteiger partial charge is 0.195 e. The molecule has 4 rings (SSSR count). The second kappa shape index (κ2) is 6.80. The molecule has 0 spiro atoms. The van der Waals surface area contributed by atoms with Crippen LogP contribution in [0.2, 0.25) is 5.15 Å². The van der Waals surface area contributed by atoms with Crippen molar-refractivity contribution in [3.05, 3.63) is 52.0 Å². The van der Waals surface area contributed by atoms with Crippen LogP contribution in [0.4, 0.5) is 0 Å². The zero-order chi connectivity index (χ0) is 16.5. The summed E-state index contributed by atoms with van der Waals surface area (Å²) in [5.74, 6) is 0. The Labute approximate surface area is 150 Å². The Morgan fingerprint density at radius 3 is 2.67 bits per heavy atom. The van der Waals surface area contributed by atoms with Crippen LogP contribution in [0, 0.1) is 6.92 Å². The number of hydrogen-bond donors (Lipinski definition) is 0. The van der Waals surface area contributed by atoms with E-state index in [1.54, 1.807) is 11.3 Å². The average molecular weight is 362 g/mol. The van der Waals surface area contributed by atoms with Gasteiger partial charge in [0.05, 0.1) is 11.4 Å². The molecule has 0 N–H and O–H groups in total. The number of imidazole rings is 1. The molecule has 0 bridgehead atoms. The summed E-state index contributed by atoms with van der Waals surface area (Å²) >= 11 is 7.93. The Kier molecular flexibility index (Phi) is 4.54. The summed E-state index contributed by atoms with van der Waals surface area (Å²) in [6, 6.07) is 4.13. The van der Waals surface area contributed by atoms with Gasteiger partial charge in [-0.3, -0.25) is 19.2 Å². The van der Waals surface area contributed by atoms with Crippen molar-refractivity contribution in [2.45, 2.75) is 20.0 Å². The summed E-state index contributed by atoms with van der Waals surface area (Å²) in [5, 5.41) is 2.68. The maximum atomic E-state index is 6.31. The van der Waals surface area contributed by atoms with Crippen molar-refractivity contribution in [3.8, 4) is 0 Å². The van der Waals surface area contributed by atoms with Gasteiger partial charge in [0.25, 0.3) is 0 Å². The lowest BCUT2D eigenvalue weighted by Crippen LogP contribution is -2.45. The summed E-state index contributed by atoms with van der Waals surface area (Å²) < 4.78 is 2.11. The van der Waals surface area contributed by atoms with Crippen LogP contribution in [-0.2, 0) is 13.1 Å². The number of aromatic nitrogens is 3. The topological polar surface area (TPSA) is 36.7 Å². The van der Waals surface area contributed by atoms with Gasteiger partial charge in [-0.15, -0.1) is 11.3 Å². The molecular weight excluding hydrogens is 342 g/mol. The van der Waals surface area contributed by atoms with Gasteiger partial charge in [-0.2, -0.15) is 0 Å². The van der Waals surface area contributed by atoms with Gasteiger partial charge in [-0.05, 0) is 18.6 Å². The van der Waals surface area contributed by atoms with Gasteiger partial charge in [-0.1, -0.05) is 17.7 Å². The number of fused-ring (bicyclic) bond motifs is 1. The molecule has 1 saturated heterocycles.